The van der Waals surface area contributed by atoms with Gasteiger partial charge in [0.2, 0.25) is 0 Å². The third-order valence-electron chi connectivity index (χ3n) is 7.49. The van der Waals surface area contributed by atoms with E-state index in [9.17, 15) is 0 Å². The van der Waals surface area contributed by atoms with Crippen molar-refractivity contribution in [3.05, 3.63) is 127 Å². The van der Waals surface area contributed by atoms with Gasteiger partial charge in [0.15, 0.2) is 0 Å². The Hall–Kier alpha value is -3.47. The van der Waals surface area contributed by atoms with Crippen molar-refractivity contribution < 1.29 is 21.5 Å². The second kappa shape index (κ2) is 13.0. The maximum atomic E-state index is 8.38. The van der Waals surface area contributed by atoms with Gasteiger partial charge in [0, 0.05) is 44.3 Å². The number of benzene rings is 4. The van der Waals surface area contributed by atoms with Crippen LogP contribution in [-0.2, 0) is 20.1 Å². The molecule has 0 fully saturated rings. The maximum Gasteiger partial charge on any atom is 0.0795 e. The summed E-state index contributed by atoms with van der Waals surface area (Å²) in [5.41, 5.74) is 4.93. The van der Waals surface area contributed by atoms with E-state index in [-0.39, 0.29) is 20.1 Å². The largest absolute Gasteiger partial charge is 0.305 e. The van der Waals surface area contributed by atoms with Gasteiger partial charge in [-0.3, -0.25) is 4.98 Å². The summed E-state index contributed by atoms with van der Waals surface area (Å²) in [6.07, 6.45) is 3.82. The predicted octanol–water partition coefficient (Wildman–Crippen LogP) is 10.3. The molecule has 0 saturated heterocycles. The summed E-state index contributed by atoms with van der Waals surface area (Å²) < 4.78 is 10.9. The summed E-state index contributed by atoms with van der Waals surface area (Å²) in [5, 5.41) is 6.27. The number of aromatic nitrogens is 2. The van der Waals surface area contributed by atoms with Crippen molar-refractivity contribution in [2.24, 2.45) is 0 Å². The van der Waals surface area contributed by atoms with Gasteiger partial charge in [-0.1, -0.05) is 104 Å². The van der Waals surface area contributed by atoms with E-state index in [0.29, 0.717) is 0 Å². The normalized spacial score (nSPS) is 12.0. The summed E-state index contributed by atoms with van der Waals surface area (Å²) in [7, 11) is -1.23. The molecule has 0 aliphatic heterocycles. The van der Waals surface area contributed by atoms with E-state index in [4.69, 9.17) is 1.37 Å². The van der Waals surface area contributed by atoms with Gasteiger partial charge in [-0.2, -0.15) is 11.3 Å². The Morgan fingerprint density at radius 3 is 2.26 bits per heavy atom. The Morgan fingerprint density at radius 2 is 1.56 bits per heavy atom. The molecule has 0 aliphatic carbocycles. The van der Waals surface area contributed by atoms with Crippen molar-refractivity contribution >= 4 is 55.5 Å². The third-order valence-corrected chi connectivity index (χ3v) is 10.7. The quantitative estimate of drug-likeness (QED) is 0.132. The molecule has 3 aromatic heterocycles. The van der Waals surface area contributed by atoms with Crippen molar-refractivity contribution in [1.29, 1.82) is 0 Å². The topological polar surface area (TPSA) is 25.8 Å². The zero-order valence-corrected chi connectivity index (χ0v) is 29.2. The number of rotatable bonds is 4. The van der Waals surface area contributed by atoms with Gasteiger partial charge in [0.05, 0.1) is 8.07 Å². The van der Waals surface area contributed by atoms with Gasteiger partial charge in [-0.25, -0.2) is 0 Å². The van der Waals surface area contributed by atoms with Crippen molar-refractivity contribution in [2.45, 2.75) is 39.4 Å². The molecule has 7 aromatic rings. The molecular weight excluding hydrogens is 737 g/mol. The average molecular weight is 772 g/mol. The number of fused-ring (bicyclic) bond motifs is 5. The zero-order chi connectivity index (χ0) is 30.2. The minimum absolute atomic E-state index is 0. The fourth-order valence-corrected chi connectivity index (χ4v) is 7.36. The van der Waals surface area contributed by atoms with Crippen LogP contribution in [0.4, 0.5) is 0 Å². The molecule has 5 heteroatoms. The maximum absolute atomic E-state index is 8.38. The van der Waals surface area contributed by atoms with Gasteiger partial charge in [0.1, 0.15) is 0 Å². The molecule has 43 heavy (non-hydrogen) atoms. The number of hydrogen-bond acceptors (Lipinski definition) is 3. The van der Waals surface area contributed by atoms with Crippen LogP contribution < -0.4 is 5.19 Å². The molecule has 1 radical (unpaired) electrons. The molecule has 217 valence electrons. The van der Waals surface area contributed by atoms with E-state index in [0.717, 1.165) is 33.5 Å². The molecule has 0 bridgehead atoms. The van der Waals surface area contributed by atoms with Crippen LogP contribution in [0.2, 0.25) is 19.6 Å². The molecule has 3 heterocycles. The molecule has 4 aromatic carbocycles. The predicted molar refractivity (Wildman–Crippen MR) is 184 cm³/mol. The fraction of sp³-hybridized carbons (Fsp3) is 0.158. The molecule has 7 rings (SSSR count). The van der Waals surface area contributed by atoms with Gasteiger partial charge in [-0.15, -0.1) is 53.4 Å². The van der Waals surface area contributed by atoms with Crippen LogP contribution >= 0.6 is 11.3 Å². The van der Waals surface area contributed by atoms with E-state index in [1.54, 1.807) is 11.3 Å². The number of nitrogens with zero attached hydrogens (tertiary/aromatic N) is 2. The van der Waals surface area contributed by atoms with Crippen LogP contribution in [0, 0.1) is 12.1 Å². The minimum atomic E-state index is -1.23. The molecule has 2 nitrogen and oxygen atoms in total. The van der Waals surface area contributed by atoms with Crippen LogP contribution in [0.15, 0.2) is 109 Å². The first-order valence-electron chi connectivity index (χ1n) is 14.8. The van der Waals surface area contributed by atoms with Crippen LogP contribution in [0.3, 0.4) is 0 Å². The van der Waals surface area contributed by atoms with Crippen LogP contribution in [0.1, 0.15) is 26.7 Å². The van der Waals surface area contributed by atoms with Gasteiger partial charge >= 0.3 is 0 Å². The number of pyridine rings is 2. The molecule has 0 atom stereocenters. The second-order valence-electron chi connectivity index (χ2n) is 11.7. The first-order chi connectivity index (χ1) is 20.6. The Kier molecular flexibility index (Phi) is 8.97. The summed E-state index contributed by atoms with van der Waals surface area (Å²) in [6, 6.07) is 40.0. The van der Waals surface area contributed by atoms with Crippen LogP contribution in [0.25, 0.3) is 53.5 Å². The first-order valence-corrected chi connectivity index (χ1v) is 18.6. The monoisotopic (exact) mass is 772 g/mol. The first kappa shape index (κ1) is 29.6. The molecule has 0 N–H and O–H groups in total. The SMILES string of the molecule is C[Si](C)(C)c1ccc(-c2[c-]cccc2)nc1.[2H]C(C)(C)c1ccnc(-c2[c-]c3ccccc3c3c2sc2ccccc23)c1.[Ir]. The number of thiophene rings is 1. The van der Waals surface area contributed by atoms with E-state index in [2.05, 4.69) is 102 Å². The standard InChI is InChI=1S/C24H18NS.C14H16NSi.Ir/c1-15(2)16-11-12-25-21(14-16)20-13-17-7-3-4-8-18(17)23-19-9-5-6-10-22(19)26-24(20)23;1-16(2,3)13-9-10-14(15-11-13)12-7-5-4-6-8-12;/h3-12,14-15H,1-2H3;4-7,9-11H,1-3H3;/q2*-1;/i15D;;. The molecule has 0 spiro atoms. The van der Waals surface area contributed by atoms with E-state index in [1.807, 2.05) is 62.6 Å². The summed E-state index contributed by atoms with van der Waals surface area (Å²) in [4.78, 5) is 9.16. The Labute approximate surface area is 274 Å². The van der Waals surface area contributed by atoms with E-state index in [1.165, 1.54) is 30.7 Å². The van der Waals surface area contributed by atoms with Gasteiger partial charge < -0.3 is 4.98 Å². The summed E-state index contributed by atoms with van der Waals surface area (Å²) in [6.45, 7) is 10.8. The average Bonchev–Trinajstić information content (AvgIpc) is 3.41. The van der Waals surface area contributed by atoms with E-state index >= 15 is 0 Å². The van der Waals surface area contributed by atoms with Gasteiger partial charge in [-0.05, 0) is 44.6 Å². The van der Waals surface area contributed by atoms with Crippen molar-refractivity contribution in [3.8, 4) is 22.5 Å². The van der Waals surface area contributed by atoms with Crippen molar-refractivity contribution in [2.75, 3.05) is 0 Å². The Balaban J connectivity index is 0.000000194. The Bertz CT molecular complexity index is 2040. The van der Waals surface area contributed by atoms with Crippen LogP contribution in [-0.4, -0.2) is 18.0 Å². The summed E-state index contributed by atoms with van der Waals surface area (Å²) in [5.74, 6) is -0.659. The smallest absolute Gasteiger partial charge is 0.0795 e. The number of hydrogen-bond donors (Lipinski definition) is 0. The minimum Gasteiger partial charge on any atom is -0.305 e. The molecular formula is C38H34IrN2SSi-2. The van der Waals surface area contributed by atoms with Gasteiger partial charge in [0.25, 0.3) is 0 Å². The van der Waals surface area contributed by atoms with Crippen molar-refractivity contribution in [1.82, 2.24) is 9.97 Å². The van der Waals surface area contributed by atoms with E-state index < -0.39 is 14.0 Å². The fourth-order valence-electron chi connectivity index (χ4n) is 5.10. The molecule has 0 saturated carbocycles. The molecule has 0 unspecified atom stereocenters. The second-order valence-corrected chi connectivity index (χ2v) is 17.9. The summed E-state index contributed by atoms with van der Waals surface area (Å²) >= 11 is 1.79. The third kappa shape index (κ3) is 6.56. The zero-order valence-electron chi connectivity index (χ0n) is 26.0. The Morgan fingerprint density at radius 1 is 0.814 bits per heavy atom. The molecule has 0 aliphatic rings. The van der Waals surface area contributed by atoms with Crippen LogP contribution in [0.5, 0.6) is 0 Å². The molecule has 0 amide bonds. The van der Waals surface area contributed by atoms with Crippen molar-refractivity contribution in [3.63, 3.8) is 0 Å².